The summed E-state index contributed by atoms with van der Waals surface area (Å²) in [7, 11) is 0. The van der Waals surface area contributed by atoms with Crippen molar-refractivity contribution in [1.82, 2.24) is 10.1 Å². The predicted octanol–water partition coefficient (Wildman–Crippen LogP) is 5.68. The summed E-state index contributed by atoms with van der Waals surface area (Å²) in [6, 6.07) is 8.28. The molecule has 1 aromatic carbocycles. The van der Waals surface area contributed by atoms with E-state index in [0.717, 1.165) is 30.6 Å². The number of carbonyl (C=O) groups is 2. The summed E-state index contributed by atoms with van der Waals surface area (Å²) in [5.74, 6) is -0.257. The van der Waals surface area contributed by atoms with Gasteiger partial charge < -0.3 is 14.4 Å². The molecular weight excluding hydrogens is 493 g/mol. The highest BCUT2D eigenvalue weighted by Gasteiger charge is 2.57. The molecule has 0 unspecified atom stereocenters. The summed E-state index contributed by atoms with van der Waals surface area (Å²) in [4.78, 5) is 30.0. The normalized spacial score (nSPS) is 23.3. The highest BCUT2D eigenvalue weighted by molar-refractivity contribution is 6.39. The fourth-order valence-corrected chi connectivity index (χ4v) is 5.82. The maximum absolute atomic E-state index is 13.2. The van der Waals surface area contributed by atoms with Crippen molar-refractivity contribution in [2.45, 2.75) is 50.4 Å². The van der Waals surface area contributed by atoms with Crippen LogP contribution in [0.4, 0.5) is 5.69 Å². The number of rotatable bonds is 7. The van der Waals surface area contributed by atoms with Crippen LogP contribution < -0.4 is 4.90 Å². The van der Waals surface area contributed by atoms with Gasteiger partial charge in [-0.05, 0) is 49.9 Å². The minimum atomic E-state index is -1.12. The molecule has 3 fully saturated rings. The minimum Gasteiger partial charge on any atom is -0.477 e. The number of amides is 1. The van der Waals surface area contributed by atoms with Gasteiger partial charge in [0, 0.05) is 29.4 Å². The number of hydrogen-bond donors (Lipinski definition) is 1. The van der Waals surface area contributed by atoms with Gasteiger partial charge in [-0.15, -0.1) is 0 Å². The molecular formula is C25H21Cl2N3O5. The summed E-state index contributed by atoms with van der Waals surface area (Å²) < 4.78 is 12.3. The molecule has 1 saturated heterocycles. The molecule has 2 aliphatic carbocycles. The van der Waals surface area contributed by atoms with E-state index >= 15 is 0 Å². The highest BCUT2D eigenvalue weighted by atomic mass is 35.5. The number of carboxylic acid groups (broad SMARTS) is 1. The Kier molecular flexibility index (Phi) is 5.36. The average Bonchev–Trinajstić information content (AvgIpc) is 3.36. The number of carbonyl (C=O) groups excluding carboxylic acids is 1. The molecule has 3 aromatic rings. The molecule has 8 nitrogen and oxygen atoms in total. The first-order valence-electron chi connectivity index (χ1n) is 11.5. The number of hydrogen-bond acceptors (Lipinski definition) is 6. The zero-order valence-electron chi connectivity index (χ0n) is 18.5. The van der Waals surface area contributed by atoms with Crippen LogP contribution in [0.15, 0.2) is 41.1 Å². The lowest BCUT2D eigenvalue weighted by Gasteiger charge is -2.38. The highest BCUT2D eigenvalue weighted by Crippen LogP contribution is 2.51. The molecule has 1 N–H and O–H groups in total. The van der Waals surface area contributed by atoms with E-state index in [1.807, 2.05) is 0 Å². The zero-order valence-corrected chi connectivity index (χ0v) is 20.1. The molecule has 180 valence electrons. The summed E-state index contributed by atoms with van der Waals surface area (Å²) in [6.07, 6.45) is 5.39. The number of halogens is 2. The number of aromatic nitrogens is 2. The number of aromatic carboxylic acids is 1. The van der Waals surface area contributed by atoms with E-state index in [1.54, 1.807) is 29.2 Å². The second kappa shape index (κ2) is 8.33. The molecule has 2 bridgehead atoms. The summed E-state index contributed by atoms with van der Waals surface area (Å²) in [5.41, 5.74) is 1.52. The number of pyridine rings is 1. The van der Waals surface area contributed by atoms with Crippen molar-refractivity contribution in [3.8, 4) is 11.3 Å². The van der Waals surface area contributed by atoms with E-state index in [4.69, 9.17) is 32.5 Å². The van der Waals surface area contributed by atoms with Gasteiger partial charge in [0.1, 0.15) is 22.9 Å². The second-order valence-electron chi connectivity index (χ2n) is 9.30. The van der Waals surface area contributed by atoms with E-state index < -0.39 is 11.7 Å². The predicted molar refractivity (Wildman–Crippen MR) is 127 cm³/mol. The van der Waals surface area contributed by atoms with E-state index in [1.165, 1.54) is 12.3 Å². The summed E-state index contributed by atoms with van der Waals surface area (Å²) in [6.45, 7) is 0.170. The molecule has 3 aliphatic rings. The van der Waals surface area contributed by atoms with Crippen LogP contribution in [0, 0.1) is 5.92 Å². The lowest BCUT2D eigenvalue weighted by molar-refractivity contribution is -0.125. The Morgan fingerprint density at radius 3 is 2.60 bits per heavy atom. The lowest BCUT2D eigenvalue weighted by Crippen LogP contribution is -2.49. The number of carboxylic acids is 1. The van der Waals surface area contributed by atoms with Crippen LogP contribution >= 0.6 is 23.2 Å². The molecule has 2 atom stereocenters. The molecule has 35 heavy (non-hydrogen) atoms. The molecule has 0 spiro atoms. The van der Waals surface area contributed by atoms with Crippen LogP contribution in [-0.2, 0) is 16.1 Å². The Hall–Kier alpha value is -2.94. The second-order valence-corrected chi connectivity index (χ2v) is 10.1. The number of anilines is 1. The van der Waals surface area contributed by atoms with Crippen LogP contribution in [0.2, 0.25) is 10.0 Å². The Morgan fingerprint density at radius 2 is 1.94 bits per heavy atom. The number of nitrogens with zero attached hydrogens (tertiary/aromatic N) is 3. The third-order valence-corrected chi connectivity index (χ3v) is 7.73. The topological polar surface area (TPSA) is 106 Å². The Bertz CT molecular complexity index is 1320. The van der Waals surface area contributed by atoms with Crippen molar-refractivity contribution < 1.29 is 24.0 Å². The summed E-state index contributed by atoms with van der Waals surface area (Å²) >= 11 is 13.0. The van der Waals surface area contributed by atoms with Gasteiger partial charge in [-0.3, -0.25) is 9.69 Å². The molecule has 2 saturated carbocycles. The Labute approximate surface area is 210 Å². The Balaban J connectivity index is 1.35. The van der Waals surface area contributed by atoms with Crippen LogP contribution in [0.3, 0.4) is 0 Å². The number of benzene rings is 1. The first-order chi connectivity index (χ1) is 16.9. The molecule has 1 amide bonds. The first-order valence-corrected chi connectivity index (χ1v) is 12.2. The van der Waals surface area contributed by atoms with Crippen molar-refractivity contribution in [3.05, 3.63) is 63.6 Å². The van der Waals surface area contributed by atoms with Crippen LogP contribution in [0.1, 0.15) is 59.8 Å². The van der Waals surface area contributed by atoms with Gasteiger partial charge >= 0.3 is 5.97 Å². The average molecular weight is 514 g/mol. The van der Waals surface area contributed by atoms with Gasteiger partial charge in [-0.2, -0.15) is 0 Å². The van der Waals surface area contributed by atoms with Crippen molar-refractivity contribution in [3.63, 3.8) is 0 Å². The van der Waals surface area contributed by atoms with Gasteiger partial charge in [0.25, 0.3) is 0 Å². The quantitative estimate of drug-likeness (QED) is 0.433. The SMILES string of the molecule is O=C(O)c1ccc(N2C(=O)[C@@H]3CC[C@]2(OCc2c(-c4c(Cl)cccc4Cl)noc2C2CC2)C3)cn1. The Morgan fingerprint density at radius 1 is 1.17 bits per heavy atom. The maximum atomic E-state index is 13.2. The monoisotopic (exact) mass is 513 g/mol. The standard InChI is InChI=1S/C25H21Cl2N3O5/c26-17-2-1-3-18(27)20(17)21-16(22(35-29-21)13-4-5-13)12-34-25-9-8-14(10-25)23(31)30(25)15-6-7-19(24(32)33)28-11-15/h1-3,6-7,11,13-14H,4-5,8-10,12H2,(H,32,33)/t14-,25+/m1/s1. The van der Waals surface area contributed by atoms with E-state index in [0.29, 0.717) is 39.8 Å². The van der Waals surface area contributed by atoms with E-state index in [-0.39, 0.29) is 30.0 Å². The fourth-order valence-electron chi connectivity index (χ4n) is 5.24. The van der Waals surface area contributed by atoms with Gasteiger partial charge in [0.05, 0.1) is 28.5 Å². The number of piperidine rings is 1. The fraction of sp³-hybridized carbons (Fsp3) is 0.360. The van der Waals surface area contributed by atoms with E-state index in [9.17, 15) is 14.7 Å². The molecule has 1 aliphatic heterocycles. The number of fused-ring (bicyclic) bond motifs is 2. The van der Waals surface area contributed by atoms with Crippen LogP contribution in [0.5, 0.6) is 0 Å². The van der Waals surface area contributed by atoms with Crippen molar-refractivity contribution in [1.29, 1.82) is 0 Å². The molecule has 6 rings (SSSR count). The van der Waals surface area contributed by atoms with Crippen LogP contribution in [0.25, 0.3) is 11.3 Å². The molecule has 2 aromatic heterocycles. The van der Waals surface area contributed by atoms with Gasteiger partial charge in [0.15, 0.2) is 0 Å². The van der Waals surface area contributed by atoms with Gasteiger partial charge in [-0.25, -0.2) is 9.78 Å². The first kappa shape index (κ1) is 22.5. The maximum Gasteiger partial charge on any atom is 0.354 e. The zero-order chi connectivity index (χ0) is 24.3. The third kappa shape index (κ3) is 3.71. The molecule has 3 heterocycles. The molecule has 10 heteroatoms. The lowest BCUT2D eigenvalue weighted by atomic mass is 10.0. The third-order valence-electron chi connectivity index (χ3n) is 7.10. The van der Waals surface area contributed by atoms with Gasteiger partial charge in [0.2, 0.25) is 5.91 Å². The van der Waals surface area contributed by atoms with Crippen molar-refractivity contribution >= 4 is 40.8 Å². The summed E-state index contributed by atoms with van der Waals surface area (Å²) in [5, 5.41) is 14.4. The van der Waals surface area contributed by atoms with E-state index in [2.05, 4.69) is 10.1 Å². The minimum absolute atomic E-state index is 0.0387. The van der Waals surface area contributed by atoms with Crippen molar-refractivity contribution in [2.75, 3.05) is 4.90 Å². The number of ether oxygens (including phenoxy) is 1. The molecule has 0 radical (unpaired) electrons. The van der Waals surface area contributed by atoms with Crippen LogP contribution in [-0.4, -0.2) is 32.8 Å². The smallest absolute Gasteiger partial charge is 0.354 e. The largest absolute Gasteiger partial charge is 0.477 e. The van der Waals surface area contributed by atoms with Gasteiger partial charge in [-0.1, -0.05) is 34.4 Å². The van der Waals surface area contributed by atoms with Crippen molar-refractivity contribution in [2.24, 2.45) is 5.92 Å².